The average Bonchev–Trinajstić information content (AvgIpc) is 2.97. The minimum absolute atomic E-state index is 0.0819. The summed E-state index contributed by atoms with van der Waals surface area (Å²) in [6.07, 6.45) is 0. The molecule has 0 saturated heterocycles. The number of aromatic nitrogens is 2. The quantitative estimate of drug-likeness (QED) is 0.741. The number of H-pyrrole nitrogens is 1. The Labute approximate surface area is 149 Å². The van der Waals surface area contributed by atoms with Gasteiger partial charge in [0.25, 0.3) is 5.91 Å². The minimum Gasteiger partial charge on any atom is -0.459 e. The summed E-state index contributed by atoms with van der Waals surface area (Å²) in [5.41, 5.74) is 0.897. The molecule has 130 valence electrons. The smallest absolute Gasteiger partial charge is 0.345 e. The molecular formula is C18H18ClN3O3. The molecule has 3 rings (SSSR count). The van der Waals surface area contributed by atoms with E-state index in [1.165, 1.54) is 0 Å². The largest absolute Gasteiger partial charge is 0.459 e. The maximum Gasteiger partial charge on any atom is 0.345 e. The lowest BCUT2D eigenvalue weighted by molar-refractivity contribution is 0.0930. The van der Waals surface area contributed by atoms with E-state index in [1.54, 1.807) is 31.2 Å². The summed E-state index contributed by atoms with van der Waals surface area (Å²) >= 11 is 5.97. The Hall–Kier alpha value is -2.60. The molecule has 0 fully saturated rings. The zero-order valence-corrected chi connectivity index (χ0v) is 14.8. The highest BCUT2D eigenvalue weighted by atomic mass is 35.5. The first-order valence-corrected chi connectivity index (χ1v) is 8.32. The van der Waals surface area contributed by atoms with Crippen molar-refractivity contribution in [3.63, 3.8) is 0 Å². The van der Waals surface area contributed by atoms with E-state index in [4.69, 9.17) is 16.0 Å². The monoisotopic (exact) mass is 359 g/mol. The summed E-state index contributed by atoms with van der Waals surface area (Å²) in [5, 5.41) is 4.28. The normalized spacial score (nSPS) is 12.5. The van der Waals surface area contributed by atoms with Crippen LogP contribution < -0.4 is 11.0 Å². The topological polar surface area (TPSA) is 88.0 Å². The van der Waals surface area contributed by atoms with E-state index in [9.17, 15) is 9.59 Å². The standard InChI is InChI=1S/C18H18ClN3O3/c1-9(2)13-8-14(22-18(24)21-13)17(23)20-10(3)16-7-11-6-12(19)4-5-15(11)25-16/h4-10H,1-3H3,(H,20,23)(H,21,22,24). The number of hydrogen-bond acceptors (Lipinski definition) is 4. The van der Waals surface area contributed by atoms with Gasteiger partial charge in [0, 0.05) is 16.1 Å². The van der Waals surface area contributed by atoms with Gasteiger partial charge < -0.3 is 14.7 Å². The van der Waals surface area contributed by atoms with Crippen LogP contribution in [0.5, 0.6) is 0 Å². The molecule has 1 atom stereocenters. The first-order chi connectivity index (χ1) is 11.8. The molecule has 1 aromatic carbocycles. The number of benzene rings is 1. The summed E-state index contributed by atoms with van der Waals surface area (Å²) in [6, 6.07) is 8.36. The summed E-state index contributed by atoms with van der Waals surface area (Å²) in [5.74, 6) is 0.248. The number of halogens is 1. The zero-order valence-electron chi connectivity index (χ0n) is 14.1. The third-order valence-electron chi connectivity index (χ3n) is 3.89. The van der Waals surface area contributed by atoms with Crippen molar-refractivity contribution in [2.75, 3.05) is 0 Å². The fraction of sp³-hybridized carbons (Fsp3) is 0.278. The molecule has 3 aromatic rings. The fourth-order valence-electron chi connectivity index (χ4n) is 2.49. The number of nitrogens with zero attached hydrogens (tertiary/aromatic N) is 1. The lowest BCUT2D eigenvalue weighted by atomic mass is 10.1. The van der Waals surface area contributed by atoms with Gasteiger partial charge >= 0.3 is 5.69 Å². The van der Waals surface area contributed by atoms with Gasteiger partial charge in [-0.3, -0.25) is 4.79 Å². The van der Waals surface area contributed by atoms with E-state index in [1.807, 2.05) is 19.9 Å². The highest BCUT2D eigenvalue weighted by Gasteiger charge is 2.18. The number of rotatable bonds is 4. The highest BCUT2D eigenvalue weighted by molar-refractivity contribution is 6.31. The molecule has 0 spiro atoms. The van der Waals surface area contributed by atoms with E-state index >= 15 is 0 Å². The molecular weight excluding hydrogens is 342 g/mol. The van der Waals surface area contributed by atoms with Crippen LogP contribution in [0.4, 0.5) is 0 Å². The van der Waals surface area contributed by atoms with Crippen LogP contribution in [0.3, 0.4) is 0 Å². The second-order valence-electron chi connectivity index (χ2n) is 6.21. The number of hydrogen-bond donors (Lipinski definition) is 2. The Kier molecular flexibility index (Phi) is 4.63. The Morgan fingerprint density at radius 1 is 1.24 bits per heavy atom. The summed E-state index contributed by atoms with van der Waals surface area (Å²) < 4.78 is 5.75. The van der Waals surface area contributed by atoms with Gasteiger partial charge in [0.05, 0.1) is 6.04 Å². The molecule has 1 unspecified atom stereocenters. The SMILES string of the molecule is CC(C)c1cc(C(=O)NC(C)c2cc3cc(Cl)ccc3o2)nc(=O)[nH]1. The number of carbonyl (C=O) groups excluding carboxylic acids is 1. The average molecular weight is 360 g/mol. The summed E-state index contributed by atoms with van der Waals surface area (Å²) in [4.78, 5) is 30.5. The van der Waals surface area contributed by atoms with Crippen LogP contribution in [0, 0.1) is 0 Å². The van der Waals surface area contributed by atoms with Crippen LogP contribution in [0.25, 0.3) is 11.0 Å². The molecule has 0 aliphatic heterocycles. The van der Waals surface area contributed by atoms with Crippen molar-refractivity contribution >= 4 is 28.5 Å². The molecule has 0 aliphatic carbocycles. The Balaban J connectivity index is 1.83. The minimum atomic E-state index is -0.539. The third kappa shape index (κ3) is 3.74. The predicted octanol–water partition coefficient (Wildman–Crippen LogP) is 3.78. The Morgan fingerprint density at radius 3 is 2.72 bits per heavy atom. The molecule has 2 N–H and O–H groups in total. The van der Waals surface area contributed by atoms with Crippen LogP contribution in [-0.4, -0.2) is 15.9 Å². The molecule has 0 bridgehead atoms. The first-order valence-electron chi connectivity index (χ1n) is 7.94. The number of fused-ring (bicyclic) bond motifs is 1. The van der Waals surface area contributed by atoms with Crippen LogP contribution in [0.15, 0.2) is 39.5 Å². The van der Waals surface area contributed by atoms with Gasteiger partial charge in [-0.1, -0.05) is 25.4 Å². The number of nitrogens with one attached hydrogen (secondary N) is 2. The van der Waals surface area contributed by atoms with Crippen LogP contribution >= 0.6 is 11.6 Å². The van der Waals surface area contributed by atoms with Gasteiger partial charge in [0.1, 0.15) is 17.0 Å². The molecule has 0 radical (unpaired) electrons. The first kappa shape index (κ1) is 17.2. The van der Waals surface area contributed by atoms with Gasteiger partial charge in [-0.2, -0.15) is 4.98 Å². The Bertz CT molecular complexity index is 991. The van der Waals surface area contributed by atoms with Crippen molar-refractivity contribution in [2.45, 2.75) is 32.7 Å². The van der Waals surface area contributed by atoms with Crippen LogP contribution in [0.1, 0.15) is 54.7 Å². The molecule has 2 aromatic heterocycles. The third-order valence-corrected chi connectivity index (χ3v) is 4.13. The van der Waals surface area contributed by atoms with Crippen LogP contribution in [-0.2, 0) is 0 Å². The molecule has 0 aliphatic rings. The van der Waals surface area contributed by atoms with Crippen molar-refractivity contribution in [2.24, 2.45) is 0 Å². The predicted molar refractivity (Wildman–Crippen MR) is 96.1 cm³/mol. The molecule has 25 heavy (non-hydrogen) atoms. The zero-order chi connectivity index (χ0) is 18.1. The highest BCUT2D eigenvalue weighted by Crippen LogP contribution is 2.26. The Morgan fingerprint density at radius 2 is 2.00 bits per heavy atom. The van der Waals surface area contributed by atoms with E-state index in [0.717, 1.165) is 5.39 Å². The second kappa shape index (κ2) is 6.72. The number of amides is 1. The van der Waals surface area contributed by atoms with Crippen molar-refractivity contribution in [3.8, 4) is 0 Å². The molecule has 0 saturated carbocycles. The van der Waals surface area contributed by atoms with Crippen molar-refractivity contribution in [1.82, 2.24) is 15.3 Å². The van der Waals surface area contributed by atoms with Gasteiger partial charge in [-0.15, -0.1) is 0 Å². The molecule has 2 heterocycles. The second-order valence-corrected chi connectivity index (χ2v) is 6.64. The summed E-state index contributed by atoms with van der Waals surface area (Å²) in [6.45, 7) is 5.65. The van der Waals surface area contributed by atoms with E-state index < -0.39 is 11.6 Å². The van der Waals surface area contributed by atoms with Gasteiger partial charge in [-0.05, 0) is 43.2 Å². The van der Waals surface area contributed by atoms with Gasteiger partial charge in [0.2, 0.25) is 0 Å². The van der Waals surface area contributed by atoms with Crippen molar-refractivity contribution in [3.05, 3.63) is 63.0 Å². The molecule has 1 amide bonds. The maximum atomic E-state index is 12.4. The number of aromatic amines is 1. The molecule has 7 heteroatoms. The van der Waals surface area contributed by atoms with E-state index in [-0.39, 0.29) is 17.7 Å². The van der Waals surface area contributed by atoms with Crippen molar-refractivity contribution in [1.29, 1.82) is 0 Å². The number of furan rings is 1. The van der Waals surface area contributed by atoms with Crippen LogP contribution in [0.2, 0.25) is 5.02 Å². The maximum absolute atomic E-state index is 12.4. The summed E-state index contributed by atoms with van der Waals surface area (Å²) in [7, 11) is 0. The fourth-order valence-corrected chi connectivity index (χ4v) is 2.67. The number of carbonyl (C=O) groups is 1. The lowest BCUT2D eigenvalue weighted by Crippen LogP contribution is -2.30. The lowest BCUT2D eigenvalue weighted by Gasteiger charge is -2.12. The van der Waals surface area contributed by atoms with Gasteiger partial charge in [0.15, 0.2) is 0 Å². The molecule has 6 nitrogen and oxygen atoms in total. The van der Waals surface area contributed by atoms with Gasteiger partial charge in [-0.25, -0.2) is 4.79 Å². The van der Waals surface area contributed by atoms with E-state index in [2.05, 4.69) is 15.3 Å². The van der Waals surface area contributed by atoms with E-state index in [0.29, 0.717) is 22.1 Å². The van der Waals surface area contributed by atoms with Crippen molar-refractivity contribution < 1.29 is 9.21 Å².